The molecule has 1 saturated heterocycles. The summed E-state index contributed by atoms with van der Waals surface area (Å²) in [6.07, 6.45) is 0. The summed E-state index contributed by atoms with van der Waals surface area (Å²) < 4.78 is 0. The van der Waals surface area contributed by atoms with Crippen molar-refractivity contribution in [2.45, 2.75) is 18.9 Å². The lowest BCUT2D eigenvalue weighted by molar-refractivity contribution is 0.0691. The molecule has 0 bridgehead atoms. The maximum atomic E-state index is 13.3. The predicted molar refractivity (Wildman–Crippen MR) is 131 cm³/mol. The van der Waals surface area contributed by atoms with E-state index >= 15 is 0 Å². The van der Waals surface area contributed by atoms with E-state index in [9.17, 15) is 9.59 Å². The van der Waals surface area contributed by atoms with Crippen LogP contribution in [0.25, 0.3) is 0 Å². The van der Waals surface area contributed by atoms with Gasteiger partial charge in [-0.2, -0.15) is 5.26 Å². The summed E-state index contributed by atoms with van der Waals surface area (Å²) in [6.45, 7) is 2.58. The normalized spacial score (nSPS) is 17.3. The molecule has 0 spiro atoms. The molecule has 1 aliphatic heterocycles. The Hall–Kier alpha value is -3.40. The second kappa shape index (κ2) is 9.84. The van der Waals surface area contributed by atoms with Gasteiger partial charge in [0.15, 0.2) is 0 Å². The quantitative estimate of drug-likeness (QED) is 0.516. The molecule has 34 heavy (non-hydrogen) atoms. The molecule has 1 aliphatic rings. The van der Waals surface area contributed by atoms with Crippen LogP contribution in [0.1, 0.15) is 43.6 Å². The van der Waals surface area contributed by atoms with Crippen LogP contribution in [0.5, 0.6) is 0 Å². The number of nitrogens with zero attached hydrogens (tertiary/aromatic N) is 4. The Balaban J connectivity index is 1.66. The molecule has 2 aromatic carbocycles. The van der Waals surface area contributed by atoms with Gasteiger partial charge in [0.1, 0.15) is 5.69 Å². The van der Waals surface area contributed by atoms with Gasteiger partial charge < -0.3 is 9.80 Å². The van der Waals surface area contributed by atoms with E-state index in [2.05, 4.69) is 11.1 Å². The molecule has 2 heterocycles. The summed E-state index contributed by atoms with van der Waals surface area (Å²) in [6, 6.07) is 19.0. The van der Waals surface area contributed by atoms with E-state index in [1.54, 1.807) is 65.4 Å². The summed E-state index contributed by atoms with van der Waals surface area (Å²) in [5.74, 6) is -0.547. The number of nitriles is 1. The van der Waals surface area contributed by atoms with Crippen molar-refractivity contribution in [1.82, 2.24) is 14.8 Å². The van der Waals surface area contributed by atoms with Gasteiger partial charge in [0, 0.05) is 37.3 Å². The number of benzene rings is 2. The number of hydrogen-bond acceptors (Lipinski definition) is 4. The fourth-order valence-corrected chi connectivity index (χ4v) is 4.59. The maximum absolute atomic E-state index is 13.3. The number of aryl methyl sites for hydroxylation is 1. The van der Waals surface area contributed by atoms with Crippen molar-refractivity contribution in [2.24, 2.45) is 0 Å². The Morgan fingerprint density at radius 2 is 1.79 bits per heavy atom. The second-order valence-electron chi connectivity index (χ2n) is 8.33. The molecule has 1 unspecified atom stereocenters. The minimum absolute atomic E-state index is 0.161. The van der Waals surface area contributed by atoms with Crippen LogP contribution in [-0.4, -0.2) is 52.8 Å². The molecule has 8 heteroatoms. The van der Waals surface area contributed by atoms with Gasteiger partial charge in [0.05, 0.1) is 27.7 Å². The largest absolute Gasteiger partial charge is 0.336 e. The van der Waals surface area contributed by atoms with Gasteiger partial charge in [-0.05, 0) is 61.0 Å². The number of likely N-dealkylation sites (tertiary alicyclic amines) is 1. The van der Waals surface area contributed by atoms with Crippen LogP contribution < -0.4 is 0 Å². The van der Waals surface area contributed by atoms with Crippen molar-refractivity contribution in [3.05, 3.63) is 98.8 Å². The first-order valence-electron chi connectivity index (χ1n) is 10.7. The average molecular weight is 493 g/mol. The van der Waals surface area contributed by atoms with Crippen molar-refractivity contribution in [3.8, 4) is 6.07 Å². The van der Waals surface area contributed by atoms with Crippen LogP contribution >= 0.6 is 23.2 Å². The number of likely N-dealkylation sites (N-methyl/N-ethyl adjacent to an activating group) is 1. The first-order valence-corrected chi connectivity index (χ1v) is 11.5. The number of halogens is 2. The number of hydrogen-bond donors (Lipinski definition) is 0. The highest BCUT2D eigenvalue weighted by atomic mass is 35.5. The van der Waals surface area contributed by atoms with E-state index in [0.717, 1.165) is 11.3 Å². The molecular formula is C26H22Cl2N4O2. The third kappa shape index (κ3) is 4.77. The van der Waals surface area contributed by atoms with Gasteiger partial charge >= 0.3 is 0 Å². The Bertz CT molecular complexity index is 1290. The number of pyridine rings is 1. The van der Waals surface area contributed by atoms with E-state index in [1.165, 1.54) is 0 Å². The minimum atomic E-state index is -0.297. The van der Waals surface area contributed by atoms with Gasteiger partial charge in [-0.3, -0.25) is 9.59 Å². The van der Waals surface area contributed by atoms with E-state index in [0.29, 0.717) is 40.0 Å². The molecule has 2 amide bonds. The number of rotatable bonds is 4. The highest BCUT2D eigenvalue weighted by Crippen LogP contribution is 2.35. The molecule has 0 N–H and O–H groups in total. The van der Waals surface area contributed by atoms with Gasteiger partial charge in [-0.15, -0.1) is 0 Å². The standard InChI is InChI=1S/C26H22Cl2N4O2/c1-16-4-3-5-23(30-16)26(34)31(2)24-15-32(25(33)18-8-6-17(13-29)7-9-18)14-20(24)19-10-11-21(27)22(28)12-19/h3-12,20,24H,14-15H2,1-2H3/t20?,24-/m1/s1. The summed E-state index contributed by atoms with van der Waals surface area (Å²) in [5.41, 5.74) is 2.98. The topological polar surface area (TPSA) is 77.3 Å². The van der Waals surface area contributed by atoms with E-state index in [4.69, 9.17) is 28.5 Å². The second-order valence-corrected chi connectivity index (χ2v) is 9.14. The average Bonchev–Trinajstić information content (AvgIpc) is 3.30. The van der Waals surface area contributed by atoms with Crippen LogP contribution in [0.15, 0.2) is 60.7 Å². The number of amides is 2. The van der Waals surface area contributed by atoms with Gasteiger partial charge in [-0.1, -0.05) is 35.3 Å². The highest BCUT2D eigenvalue weighted by Gasteiger charge is 2.40. The molecule has 172 valence electrons. The van der Waals surface area contributed by atoms with Crippen molar-refractivity contribution < 1.29 is 9.59 Å². The van der Waals surface area contributed by atoms with E-state index in [-0.39, 0.29) is 23.8 Å². The van der Waals surface area contributed by atoms with E-state index in [1.807, 2.05) is 19.1 Å². The molecular weight excluding hydrogens is 471 g/mol. The highest BCUT2D eigenvalue weighted by molar-refractivity contribution is 6.42. The smallest absolute Gasteiger partial charge is 0.272 e. The third-order valence-electron chi connectivity index (χ3n) is 6.13. The van der Waals surface area contributed by atoms with Gasteiger partial charge in [-0.25, -0.2) is 4.98 Å². The summed E-state index contributed by atoms with van der Waals surface area (Å²) in [4.78, 5) is 34.3. The first-order chi connectivity index (χ1) is 16.3. The molecule has 3 aromatic rings. The van der Waals surface area contributed by atoms with Crippen LogP contribution in [0.3, 0.4) is 0 Å². The summed E-state index contributed by atoms with van der Waals surface area (Å²) in [7, 11) is 1.73. The van der Waals surface area contributed by atoms with Gasteiger partial charge in [0.25, 0.3) is 11.8 Å². The summed E-state index contributed by atoms with van der Waals surface area (Å²) >= 11 is 12.4. The molecule has 0 radical (unpaired) electrons. The molecule has 1 fully saturated rings. The lowest BCUT2D eigenvalue weighted by Gasteiger charge is -2.29. The first kappa shape index (κ1) is 23.7. The zero-order chi connectivity index (χ0) is 24.4. The maximum Gasteiger partial charge on any atom is 0.272 e. The Kier molecular flexibility index (Phi) is 6.87. The molecule has 0 saturated carbocycles. The zero-order valence-electron chi connectivity index (χ0n) is 18.7. The molecule has 0 aliphatic carbocycles. The number of aromatic nitrogens is 1. The van der Waals surface area contributed by atoms with Crippen molar-refractivity contribution >= 4 is 35.0 Å². The fraction of sp³-hybridized carbons (Fsp3) is 0.231. The number of carbonyl (C=O) groups is 2. The van der Waals surface area contributed by atoms with Crippen LogP contribution in [0.4, 0.5) is 0 Å². The third-order valence-corrected chi connectivity index (χ3v) is 6.87. The van der Waals surface area contributed by atoms with Crippen LogP contribution in [0, 0.1) is 18.3 Å². The van der Waals surface area contributed by atoms with E-state index < -0.39 is 0 Å². The van der Waals surface area contributed by atoms with Crippen LogP contribution in [0.2, 0.25) is 10.0 Å². The summed E-state index contributed by atoms with van der Waals surface area (Å²) in [5, 5.41) is 9.90. The fourth-order valence-electron chi connectivity index (χ4n) is 4.28. The Morgan fingerprint density at radius 3 is 2.44 bits per heavy atom. The van der Waals surface area contributed by atoms with Crippen molar-refractivity contribution in [2.75, 3.05) is 20.1 Å². The number of carbonyl (C=O) groups excluding carboxylic acids is 2. The van der Waals surface area contributed by atoms with Crippen LogP contribution in [-0.2, 0) is 0 Å². The minimum Gasteiger partial charge on any atom is -0.336 e. The molecule has 4 rings (SSSR count). The molecule has 6 nitrogen and oxygen atoms in total. The Morgan fingerprint density at radius 1 is 1.06 bits per heavy atom. The predicted octanol–water partition coefficient (Wildman–Crippen LogP) is 4.95. The lowest BCUT2D eigenvalue weighted by Crippen LogP contribution is -2.42. The molecule has 1 aromatic heterocycles. The lowest BCUT2D eigenvalue weighted by atomic mass is 9.93. The zero-order valence-corrected chi connectivity index (χ0v) is 20.2. The van der Waals surface area contributed by atoms with Crippen molar-refractivity contribution in [1.29, 1.82) is 5.26 Å². The van der Waals surface area contributed by atoms with Crippen molar-refractivity contribution in [3.63, 3.8) is 0 Å². The SMILES string of the molecule is Cc1cccc(C(=O)N(C)[C@@H]2CN(C(=O)c3ccc(C#N)cc3)CC2c2ccc(Cl)c(Cl)c2)n1. The Labute approximate surface area is 208 Å². The monoisotopic (exact) mass is 492 g/mol. The van der Waals surface area contributed by atoms with Gasteiger partial charge in [0.2, 0.25) is 0 Å². The molecule has 2 atom stereocenters.